The van der Waals surface area contributed by atoms with Crippen LogP contribution in [0.25, 0.3) is 11.4 Å². The third-order valence-electron chi connectivity index (χ3n) is 3.82. The van der Waals surface area contributed by atoms with Crippen LogP contribution < -0.4 is 5.56 Å². The number of hydrogen-bond donors (Lipinski definition) is 1. The van der Waals surface area contributed by atoms with E-state index >= 15 is 0 Å². The summed E-state index contributed by atoms with van der Waals surface area (Å²) in [4.78, 5) is 19.7. The Kier molecular flexibility index (Phi) is 4.57. The molecule has 0 spiro atoms. The molecule has 1 saturated carbocycles. The van der Waals surface area contributed by atoms with Crippen LogP contribution in [0.2, 0.25) is 10.0 Å². The zero-order valence-electron chi connectivity index (χ0n) is 11.1. The summed E-state index contributed by atoms with van der Waals surface area (Å²) in [6.07, 6.45) is 4.60. The van der Waals surface area contributed by atoms with Gasteiger partial charge >= 0.3 is 0 Å². The van der Waals surface area contributed by atoms with Crippen molar-refractivity contribution in [3.05, 3.63) is 47.9 Å². The molecule has 0 unspecified atom stereocenters. The average molecular weight is 435 g/mol. The minimum absolute atomic E-state index is 0.103. The molecule has 1 aliphatic rings. The van der Waals surface area contributed by atoms with Crippen LogP contribution in [0.15, 0.2) is 23.0 Å². The van der Waals surface area contributed by atoms with E-state index in [-0.39, 0.29) is 5.56 Å². The van der Waals surface area contributed by atoms with Crippen molar-refractivity contribution >= 4 is 45.8 Å². The molecular formula is C15H13Cl2IN2O. The fraction of sp³-hybridized carbons (Fsp3) is 0.333. The van der Waals surface area contributed by atoms with Crippen molar-refractivity contribution in [2.45, 2.75) is 31.6 Å². The van der Waals surface area contributed by atoms with Crippen LogP contribution in [0.1, 0.15) is 37.3 Å². The molecule has 6 heteroatoms. The number of aromatic amines is 1. The number of aromatic nitrogens is 2. The summed E-state index contributed by atoms with van der Waals surface area (Å²) >= 11 is 14.2. The number of nitrogens with one attached hydrogen (secondary N) is 1. The zero-order valence-corrected chi connectivity index (χ0v) is 14.8. The van der Waals surface area contributed by atoms with Gasteiger partial charge < -0.3 is 4.98 Å². The van der Waals surface area contributed by atoms with Gasteiger partial charge in [0, 0.05) is 16.5 Å². The van der Waals surface area contributed by atoms with E-state index in [0.29, 0.717) is 30.9 Å². The second-order valence-corrected chi connectivity index (χ2v) is 7.14. The number of halogens is 3. The molecule has 21 heavy (non-hydrogen) atoms. The SMILES string of the molecule is O=c1[nH]c(-c2ccc(Cl)cc2Cl)nc(C2CCCC2)c1I. The minimum atomic E-state index is -0.103. The number of nitrogens with zero attached hydrogens (tertiary/aromatic N) is 1. The largest absolute Gasteiger partial charge is 0.306 e. The van der Waals surface area contributed by atoms with Gasteiger partial charge in [-0.15, -0.1) is 0 Å². The Balaban J connectivity index is 2.13. The lowest BCUT2D eigenvalue weighted by molar-refractivity contribution is 0.687. The topological polar surface area (TPSA) is 45.8 Å². The fourth-order valence-electron chi connectivity index (χ4n) is 2.76. The van der Waals surface area contributed by atoms with E-state index in [1.165, 1.54) is 12.8 Å². The molecule has 3 nitrogen and oxygen atoms in total. The van der Waals surface area contributed by atoms with Crippen molar-refractivity contribution in [3.63, 3.8) is 0 Å². The third-order valence-corrected chi connectivity index (χ3v) is 5.41. The summed E-state index contributed by atoms with van der Waals surface area (Å²) in [5, 5.41) is 1.05. The molecular weight excluding hydrogens is 422 g/mol. The van der Waals surface area contributed by atoms with Crippen LogP contribution in [0, 0.1) is 3.57 Å². The maximum Gasteiger partial charge on any atom is 0.264 e. The first-order valence-corrected chi connectivity index (χ1v) is 8.65. The molecule has 2 aromatic rings. The van der Waals surface area contributed by atoms with E-state index in [0.717, 1.165) is 18.5 Å². The van der Waals surface area contributed by atoms with Gasteiger partial charge in [-0.2, -0.15) is 0 Å². The third kappa shape index (κ3) is 3.12. The Morgan fingerprint density at radius 1 is 1.24 bits per heavy atom. The van der Waals surface area contributed by atoms with Gasteiger partial charge in [-0.1, -0.05) is 36.0 Å². The van der Waals surface area contributed by atoms with Crippen molar-refractivity contribution < 1.29 is 0 Å². The van der Waals surface area contributed by atoms with E-state index in [1.54, 1.807) is 18.2 Å². The van der Waals surface area contributed by atoms with E-state index in [9.17, 15) is 4.79 Å². The van der Waals surface area contributed by atoms with Gasteiger partial charge in [0.25, 0.3) is 5.56 Å². The number of rotatable bonds is 2. The molecule has 0 radical (unpaired) electrons. The Hall–Kier alpha value is -0.590. The summed E-state index contributed by atoms with van der Waals surface area (Å²) in [6.45, 7) is 0. The molecule has 0 amide bonds. The fourth-order valence-corrected chi connectivity index (χ4v) is 3.95. The standard InChI is InChI=1S/C15H13Cl2IN2O/c16-9-5-6-10(11(17)7-9)14-19-13(8-3-1-2-4-8)12(18)15(21)20-14/h5-8H,1-4H2,(H,19,20,21). The normalized spacial score (nSPS) is 15.6. The molecule has 3 rings (SSSR count). The van der Waals surface area contributed by atoms with Crippen LogP contribution in [0.3, 0.4) is 0 Å². The van der Waals surface area contributed by atoms with Crippen molar-refractivity contribution in [1.29, 1.82) is 0 Å². The van der Waals surface area contributed by atoms with Crippen LogP contribution in [-0.2, 0) is 0 Å². The van der Waals surface area contributed by atoms with E-state index in [4.69, 9.17) is 23.2 Å². The predicted molar refractivity (Wildman–Crippen MR) is 94.2 cm³/mol. The number of hydrogen-bond acceptors (Lipinski definition) is 2. The highest BCUT2D eigenvalue weighted by atomic mass is 127. The predicted octanol–water partition coefficient (Wildman–Crippen LogP) is 5.01. The smallest absolute Gasteiger partial charge is 0.264 e. The summed E-state index contributed by atoms with van der Waals surface area (Å²) in [5.74, 6) is 0.896. The van der Waals surface area contributed by atoms with Crippen LogP contribution >= 0.6 is 45.8 Å². The maximum absolute atomic E-state index is 12.2. The molecule has 0 bridgehead atoms. The monoisotopic (exact) mass is 434 g/mol. The minimum Gasteiger partial charge on any atom is -0.306 e. The van der Waals surface area contributed by atoms with Crippen molar-refractivity contribution in [2.24, 2.45) is 0 Å². The molecule has 1 N–H and O–H groups in total. The van der Waals surface area contributed by atoms with Gasteiger partial charge in [-0.25, -0.2) is 4.98 Å². The molecule has 1 aliphatic carbocycles. The first-order valence-electron chi connectivity index (χ1n) is 6.81. The van der Waals surface area contributed by atoms with Gasteiger partial charge in [0.2, 0.25) is 0 Å². The number of H-pyrrole nitrogens is 1. The zero-order chi connectivity index (χ0) is 15.0. The summed E-state index contributed by atoms with van der Waals surface area (Å²) in [7, 11) is 0. The second-order valence-electron chi connectivity index (χ2n) is 5.22. The Morgan fingerprint density at radius 3 is 2.62 bits per heavy atom. The molecule has 0 atom stereocenters. The molecule has 1 fully saturated rings. The van der Waals surface area contributed by atoms with Crippen molar-refractivity contribution in [2.75, 3.05) is 0 Å². The van der Waals surface area contributed by atoms with Crippen LogP contribution in [0.5, 0.6) is 0 Å². The molecule has 0 aliphatic heterocycles. The lowest BCUT2D eigenvalue weighted by Crippen LogP contribution is -2.18. The molecule has 1 aromatic carbocycles. The van der Waals surface area contributed by atoms with Crippen molar-refractivity contribution in [1.82, 2.24) is 9.97 Å². The van der Waals surface area contributed by atoms with Gasteiger partial charge in [0.05, 0.1) is 14.3 Å². The molecule has 110 valence electrons. The lowest BCUT2D eigenvalue weighted by atomic mass is 10.0. The Bertz CT molecular complexity index is 739. The summed E-state index contributed by atoms with van der Waals surface area (Å²) < 4.78 is 0.688. The van der Waals surface area contributed by atoms with Crippen LogP contribution in [-0.4, -0.2) is 9.97 Å². The Morgan fingerprint density at radius 2 is 1.95 bits per heavy atom. The number of benzene rings is 1. The van der Waals surface area contributed by atoms with Gasteiger partial charge in [0.15, 0.2) is 0 Å². The summed E-state index contributed by atoms with van der Waals surface area (Å²) in [6, 6.07) is 5.19. The second kappa shape index (κ2) is 6.26. The Labute approximate surface area is 146 Å². The molecule has 0 saturated heterocycles. The van der Waals surface area contributed by atoms with Crippen LogP contribution in [0.4, 0.5) is 0 Å². The first-order chi connectivity index (χ1) is 10.1. The highest BCUT2D eigenvalue weighted by Crippen LogP contribution is 2.35. The molecule has 1 heterocycles. The average Bonchev–Trinajstić information content (AvgIpc) is 2.96. The van der Waals surface area contributed by atoms with E-state index in [1.807, 2.05) is 0 Å². The maximum atomic E-state index is 12.2. The highest BCUT2D eigenvalue weighted by Gasteiger charge is 2.23. The van der Waals surface area contributed by atoms with Gasteiger partial charge in [-0.05, 0) is 53.6 Å². The first kappa shape index (κ1) is 15.3. The van der Waals surface area contributed by atoms with E-state index < -0.39 is 0 Å². The summed E-state index contributed by atoms with van der Waals surface area (Å²) in [5.41, 5.74) is 1.50. The lowest BCUT2D eigenvalue weighted by Gasteiger charge is -2.13. The molecule has 1 aromatic heterocycles. The quantitative estimate of drug-likeness (QED) is 0.675. The van der Waals surface area contributed by atoms with Gasteiger partial charge in [0.1, 0.15) is 5.82 Å². The highest BCUT2D eigenvalue weighted by molar-refractivity contribution is 14.1. The van der Waals surface area contributed by atoms with Gasteiger partial charge in [-0.3, -0.25) is 4.79 Å². The van der Waals surface area contributed by atoms with E-state index in [2.05, 4.69) is 32.6 Å². The van der Waals surface area contributed by atoms with Crippen molar-refractivity contribution in [3.8, 4) is 11.4 Å².